The largest absolute Gasteiger partial charge is 0.489 e. The smallest absolute Gasteiger partial charge is 0.273 e. The van der Waals surface area contributed by atoms with Gasteiger partial charge in [-0.3, -0.25) is 19.3 Å². The molecule has 2 atom stereocenters. The summed E-state index contributed by atoms with van der Waals surface area (Å²) in [7, 11) is 0. The van der Waals surface area contributed by atoms with E-state index in [-0.39, 0.29) is 30.4 Å². The molecule has 0 aliphatic carbocycles. The fourth-order valence-corrected chi connectivity index (χ4v) is 4.24. The monoisotopic (exact) mass is 385 g/mol. The van der Waals surface area contributed by atoms with E-state index in [9.17, 15) is 14.4 Å². The van der Waals surface area contributed by atoms with Crippen LogP contribution in [0.2, 0.25) is 0 Å². The van der Waals surface area contributed by atoms with E-state index in [1.807, 2.05) is 12.1 Å². The molecule has 0 saturated carbocycles. The Morgan fingerprint density at radius 1 is 1.14 bits per heavy atom. The van der Waals surface area contributed by atoms with Crippen molar-refractivity contribution in [2.75, 3.05) is 19.6 Å². The van der Waals surface area contributed by atoms with E-state index < -0.39 is 0 Å². The Labute approximate surface area is 165 Å². The molecule has 3 aliphatic heterocycles. The van der Waals surface area contributed by atoms with Crippen molar-refractivity contribution in [2.24, 2.45) is 5.92 Å². The number of likely N-dealkylation sites (N-methyl/N-ethyl adjacent to an activating group) is 1. The van der Waals surface area contributed by atoms with Crippen molar-refractivity contribution in [3.63, 3.8) is 0 Å². The lowest BCUT2D eigenvalue weighted by molar-refractivity contribution is -0.163. The summed E-state index contributed by atoms with van der Waals surface area (Å²) in [6.45, 7) is 7.61. The Balaban J connectivity index is 1.51. The molecule has 3 aliphatic rings. The molecule has 28 heavy (non-hydrogen) atoms. The van der Waals surface area contributed by atoms with E-state index in [1.165, 1.54) is 5.01 Å². The van der Waals surface area contributed by atoms with Crippen molar-refractivity contribution in [3.05, 3.63) is 29.3 Å². The van der Waals surface area contributed by atoms with Crippen LogP contribution in [0.4, 0.5) is 0 Å². The van der Waals surface area contributed by atoms with E-state index >= 15 is 0 Å². The average molecular weight is 385 g/mol. The van der Waals surface area contributed by atoms with Gasteiger partial charge in [-0.05, 0) is 55.6 Å². The topological polar surface area (TPSA) is 70.2 Å². The maximum atomic E-state index is 12.8. The number of piperidine rings is 2. The van der Waals surface area contributed by atoms with Gasteiger partial charge in [0, 0.05) is 24.9 Å². The predicted octanol–water partition coefficient (Wildman–Crippen LogP) is 2.21. The standard InChI is InChI=1S/C21H27N3O4/c1-3-22-10-9-14(2)18(13-22)28-16-7-8-17-15(11-16)12-23(21(17)27)24-19(25)5-4-6-20(24)26/h7-8,11,14,18H,3-6,9-10,12-13H2,1-2H3/t14-,18-/m0/s1. The van der Waals surface area contributed by atoms with Gasteiger partial charge in [-0.15, -0.1) is 0 Å². The van der Waals surface area contributed by atoms with Gasteiger partial charge in [-0.25, -0.2) is 5.01 Å². The normalized spacial score (nSPS) is 26.0. The third kappa shape index (κ3) is 3.39. The number of likely N-dealkylation sites (tertiary alicyclic amines) is 1. The molecule has 0 unspecified atom stereocenters. The van der Waals surface area contributed by atoms with Gasteiger partial charge in [-0.2, -0.15) is 5.01 Å². The minimum Gasteiger partial charge on any atom is -0.489 e. The number of rotatable bonds is 4. The fourth-order valence-electron chi connectivity index (χ4n) is 4.24. The molecule has 0 radical (unpaired) electrons. The molecular formula is C21H27N3O4. The minimum absolute atomic E-state index is 0.116. The summed E-state index contributed by atoms with van der Waals surface area (Å²) in [5, 5.41) is 2.31. The zero-order valence-electron chi connectivity index (χ0n) is 16.5. The van der Waals surface area contributed by atoms with Gasteiger partial charge in [0.05, 0.1) is 6.54 Å². The fraction of sp³-hybridized carbons (Fsp3) is 0.571. The van der Waals surface area contributed by atoms with Crippen LogP contribution in [0.3, 0.4) is 0 Å². The molecule has 3 amide bonds. The molecule has 7 heteroatoms. The van der Waals surface area contributed by atoms with Crippen LogP contribution in [0.5, 0.6) is 5.75 Å². The number of amides is 3. The van der Waals surface area contributed by atoms with E-state index in [0.29, 0.717) is 30.7 Å². The molecule has 2 saturated heterocycles. The van der Waals surface area contributed by atoms with Gasteiger partial charge >= 0.3 is 0 Å². The quantitative estimate of drug-likeness (QED) is 0.743. The molecule has 150 valence electrons. The highest BCUT2D eigenvalue weighted by molar-refractivity contribution is 6.04. The highest BCUT2D eigenvalue weighted by Crippen LogP contribution is 2.31. The molecule has 0 bridgehead atoms. The Bertz CT molecular complexity index is 793. The van der Waals surface area contributed by atoms with Gasteiger partial charge in [0.1, 0.15) is 11.9 Å². The van der Waals surface area contributed by atoms with E-state index in [4.69, 9.17) is 4.74 Å². The first-order chi connectivity index (χ1) is 13.5. The second-order valence-electron chi connectivity index (χ2n) is 7.95. The van der Waals surface area contributed by atoms with Crippen molar-refractivity contribution >= 4 is 17.7 Å². The second-order valence-corrected chi connectivity index (χ2v) is 7.95. The number of hydrazine groups is 1. The average Bonchev–Trinajstić information content (AvgIpc) is 2.99. The summed E-state index contributed by atoms with van der Waals surface area (Å²) in [6.07, 6.45) is 2.37. The lowest BCUT2D eigenvalue weighted by Crippen LogP contribution is -2.51. The summed E-state index contributed by atoms with van der Waals surface area (Å²) in [4.78, 5) is 39.5. The maximum Gasteiger partial charge on any atom is 0.273 e. The number of carbonyl (C=O) groups is 3. The lowest BCUT2D eigenvalue weighted by atomic mass is 9.96. The minimum atomic E-state index is -0.301. The molecule has 1 aromatic rings. The highest BCUT2D eigenvalue weighted by Gasteiger charge is 2.39. The Hall–Kier alpha value is -2.41. The van der Waals surface area contributed by atoms with Gasteiger partial charge in [0.25, 0.3) is 5.91 Å². The summed E-state index contributed by atoms with van der Waals surface area (Å²) >= 11 is 0. The van der Waals surface area contributed by atoms with Crippen LogP contribution in [-0.2, 0) is 16.1 Å². The maximum absolute atomic E-state index is 12.8. The summed E-state index contributed by atoms with van der Waals surface area (Å²) in [6, 6.07) is 5.44. The number of ether oxygens (including phenoxy) is 1. The predicted molar refractivity (Wildman–Crippen MR) is 102 cm³/mol. The van der Waals surface area contributed by atoms with Crippen molar-refractivity contribution in [2.45, 2.75) is 52.2 Å². The van der Waals surface area contributed by atoms with E-state index in [2.05, 4.69) is 18.7 Å². The molecule has 2 fully saturated rings. The van der Waals surface area contributed by atoms with Gasteiger partial charge < -0.3 is 4.74 Å². The van der Waals surface area contributed by atoms with Crippen LogP contribution in [0.1, 0.15) is 55.5 Å². The first-order valence-electron chi connectivity index (χ1n) is 10.2. The van der Waals surface area contributed by atoms with E-state index in [1.54, 1.807) is 6.07 Å². The van der Waals surface area contributed by atoms with Crippen molar-refractivity contribution in [3.8, 4) is 5.75 Å². The Morgan fingerprint density at radius 3 is 2.61 bits per heavy atom. The highest BCUT2D eigenvalue weighted by atomic mass is 16.5. The SMILES string of the molecule is CCN1CC[C@H](C)[C@@H](Oc2ccc3c(c2)CN(N2C(=O)CCCC2=O)C3=O)C1. The Morgan fingerprint density at radius 2 is 1.89 bits per heavy atom. The van der Waals surface area contributed by atoms with Crippen LogP contribution < -0.4 is 4.74 Å². The third-order valence-corrected chi connectivity index (χ3v) is 6.06. The zero-order valence-corrected chi connectivity index (χ0v) is 16.5. The lowest BCUT2D eigenvalue weighted by Gasteiger charge is -2.36. The molecule has 0 aromatic heterocycles. The number of carbonyl (C=O) groups excluding carboxylic acids is 3. The number of hydrogen-bond donors (Lipinski definition) is 0. The number of fused-ring (bicyclic) bond motifs is 1. The van der Waals surface area contributed by atoms with Crippen LogP contribution in [-0.4, -0.2) is 58.4 Å². The first-order valence-corrected chi connectivity index (χ1v) is 10.2. The number of nitrogens with zero attached hydrogens (tertiary/aromatic N) is 3. The summed E-state index contributed by atoms with van der Waals surface area (Å²) in [5.74, 6) is 0.305. The molecule has 4 rings (SSSR count). The van der Waals surface area contributed by atoms with Crippen LogP contribution in [0.25, 0.3) is 0 Å². The molecule has 0 N–H and O–H groups in total. The van der Waals surface area contributed by atoms with Crippen LogP contribution in [0, 0.1) is 5.92 Å². The molecule has 1 aromatic carbocycles. The molecule has 3 heterocycles. The third-order valence-electron chi connectivity index (χ3n) is 6.06. The number of imide groups is 1. The molecule has 7 nitrogen and oxygen atoms in total. The van der Waals surface area contributed by atoms with Gasteiger partial charge in [-0.1, -0.05) is 13.8 Å². The Kier molecular flexibility index (Phi) is 5.10. The second kappa shape index (κ2) is 7.54. The molecule has 0 spiro atoms. The van der Waals surface area contributed by atoms with Gasteiger partial charge in [0.2, 0.25) is 11.8 Å². The summed E-state index contributed by atoms with van der Waals surface area (Å²) < 4.78 is 6.26. The van der Waals surface area contributed by atoms with E-state index in [0.717, 1.165) is 42.4 Å². The van der Waals surface area contributed by atoms with Crippen molar-refractivity contribution in [1.29, 1.82) is 0 Å². The van der Waals surface area contributed by atoms with Crippen LogP contribution >= 0.6 is 0 Å². The first kappa shape index (κ1) is 18.9. The summed E-state index contributed by atoms with van der Waals surface area (Å²) in [5.41, 5.74) is 1.33. The number of hydrogen-bond acceptors (Lipinski definition) is 5. The van der Waals surface area contributed by atoms with Crippen LogP contribution in [0.15, 0.2) is 18.2 Å². The van der Waals surface area contributed by atoms with Gasteiger partial charge in [0.15, 0.2) is 0 Å². The molecular weight excluding hydrogens is 358 g/mol. The van der Waals surface area contributed by atoms with Crippen molar-refractivity contribution in [1.82, 2.24) is 14.9 Å². The van der Waals surface area contributed by atoms with Crippen molar-refractivity contribution < 1.29 is 19.1 Å². The number of benzene rings is 1. The zero-order chi connectivity index (χ0) is 19.8.